The Labute approximate surface area is 118 Å². The zero-order chi connectivity index (χ0) is 13.5. The number of rotatable bonds is 2. The predicted octanol–water partition coefficient (Wildman–Crippen LogP) is 3.37. The summed E-state index contributed by atoms with van der Waals surface area (Å²) in [6, 6.07) is 17.5. The molecule has 2 N–H and O–H groups in total. The van der Waals surface area contributed by atoms with Crippen molar-refractivity contribution >= 4 is 10.9 Å². The maximum absolute atomic E-state index is 5.85. The van der Waals surface area contributed by atoms with Crippen molar-refractivity contribution < 1.29 is 0 Å². The number of aromatic nitrogens is 1. The van der Waals surface area contributed by atoms with Gasteiger partial charge in [0.15, 0.2) is 0 Å². The van der Waals surface area contributed by atoms with Crippen LogP contribution in [0.3, 0.4) is 0 Å². The average molecular weight is 262 g/mol. The van der Waals surface area contributed by atoms with Crippen LogP contribution in [0, 0.1) is 0 Å². The van der Waals surface area contributed by atoms with Gasteiger partial charge in [0.05, 0.1) is 5.69 Å². The van der Waals surface area contributed by atoms with Crippen LogP contribution in [-0.4, -0.2) is 11.1 Å². The Hall–Kier alpha value is -2.06. The van der Waals surface area contributed by atoms with Crippen LogP contribution in [0.5, 0.6) is 0 Å². The van der Waals surface area contributed by atoms with Gasteiger partial charge in [0.1, 0.15) is 0 Å². The molecule has 0 radical (unpaired) electrons. The minimum absolute atomic E-state index is 0.698. The van der Waals surface area contributed by atoms with Crippen molar-refractivity contribution in [3.05, 3.63) is 59.7 Å². The van der Waals surface area contributed by atoms with Crippen molar-refractivity contribution in [1.82, 2.24) is 4.57 Å². The van der Waals surface area contributed by atoms with Crippen LogP contribution >= 0.6 is 0 Å². The highest BCUT2D eigenvalue weighted by molar-refractivity contribution is 5.93. The lowest BCUT2D eigenvalue weighted by Gasteiger charge is -2.21. The van der Waals surface area contributed by atoms with E-state index < -0.39 is 0 Å². The first-order valence-corrected chi connectivity index (χ1v) is 7.28. The third-order valence-corrected chi connectivity index (χ3v) is 4.35. The summed E-state index contributed by atoms with van der Waals surface area (Å²) in [6.45, 7) is 1.76. The zero-order valence-electron chi connectivity index (χ0n) is 11.5. The number of benzene rings is 2. The number of aryl methyl sites for hydroxylation is 2. The summed E-state index contributed by atoms with van der Waals surface area (Å²) < 4.78 is 2.47. The number of nitrogens with zero attached hydrogens (tertiary/aromatic N) is 1. The molecule has 0 atom stereocenters. The average Bonchev–Trinajstić information content (AvgIpc) is 2.83. The van der Waals surface area contributed by atoms with Gasteiger partial charge in [0.25, 0.3) is 0 Å². The Morgan fingerprint density at radius 2 is 1.80 bits per heavy atom. The van der Waals surface area contributed by atoms with E-state index in [1.54, 1.807) is 0 Å². The van der Waals surface area contributed by atoms with Crippen LogP contribution in [0.25, 0.3) is 22.2 Å². The topological polar surface area (TPSA) is 30.9 Å². The Bertz CT molecular complexity index is 783. The molecule has 0 spiro atoms. The Morgan fingerprint density at radius 1 is 1.00 bits per heavy atom. The summed E-state index contributed by atoms with van der Waals surface area (Å²) in [4.78, 5) is 0. The molecule has 1 aliphatic rings. The largest absolute Gasteiger partial charge is 0.340 e. The fraction of sp³-hybridized carbons (Fsp3) is 0.222. The molecule has 0 saturated carbocycles. The van der Waals surface area contributed by atoms with E-state index in [1.165, 1.54) is 33.3 Å². The van der Waals surface area contributed by atoms with Crippen LogP contribution in [0.2, 0.25) is 0 Å². The molecule has 20 heavy (non-hydrogen) atoms. The van der Waals surface area contributed by atoms with E-state index in [4.69, 9.17) is 5.73 Å². The van der Waals surface area contributed by atoms with E-state index in [0.29, 0.717) is 6.54 Å². The fourth-order valence-corrected chi connectivity index (χ4v) is 3.51. The SMILES string of the molecule is NCCc1c2n(c3ccccc13)CCc1ccccc1-2. The lowest BCUT2D eigenvalue weighted by Crippen LogP contribution is -2.12. The second-order valence-corrected chi connectivity index (χ2v) is 5.44. The van der Waals surface area contributed by atoms with Crippen molar-refractivity contribution in [2.24, 2.45) is 5.73 Å². The summed E-state index contributed by atoms with van der Waals surface area (Å²) in [7, 11) is 0. The molecule has 2 aromatic carbocycles. The fourth-order valence-electron chi connectivity index (χ4n) is 3.51. The Balaban J connectivity index is 2.10. The third kappa shape index (κ3) is 1.55. The van der Waals surface area contributed by atoms with Gasteiger partial charge < -0.3 is 10.3 Å². The predicted molar refractivity (Wildman–Crippen MR) is 83.8 cm³/mol. The van der Waals surface area contributed by atoms with Gasteiger partial charge in [-0.3, -0.25) is 0 Å². The van der Waals surface area contributed by atoms with Gasteiger partial charge in [0.2, 0.25) is 0 Å². The minimum Gasteiger partial charge on any atom is -0.340 e. The molecular formula is C18H18N2. The quantitative estimate of drug-likeness (QED) is 0.754. The first kappa shape index (κ1) is 11.7. The van der Waals surface area contributed by atoms with Gasteiger partial charge in [-0.1, -0.05) is 42.5 Å². The molecule has 100 valence electrons. The number of fused-ring (bicyclic) bond motifs is 5. The summed E-state index contributed by atoms with van der Waals surface area (Å²) in [5.74, 6) is 0. The number of hydrogen-bond donors (Lipinski definition) is 1. The second-order valence-electron chi connectivity index (χ2n) is 5.44. The van der Waals surface area contributed by atoms with Crippen molar-refractivity contribution in [2.45, 2.75) is 19.4 Å². The van der Waals surface area contributed by atoms with E-state index in [0.717, 1.165) is 19.4 Å². The summed E-state index contributed by atoms with van der Waals surface area (Å²) in [5.41, 5.74) is 12.8. The summed E-state index contributed by atoms with van der Waals surface area (Å²) in [5, 5.41) is 1.37. The van der Waals surface area contributed by atoms with Crippen molar-refractivity contribution in [3.63, 3.8) is 0 Å². The van der Waals surface area contributed by atoms with E-state index >= 15 is 0 Å². The molecule has 4 rings (SSSR count). The summed E-state index contributed by atoms with van der Waals surface area (Å²) in [6.07, 6.45) is 2.06. The minimum atomic E-state index is 0.698. The Kier molecular flexibility index (Phi) is 2.64. The zero-order valence-corrected chi connectivity index (χ0v) is 11.5. The molecule has 0 unspecified atom stereocenters. The third-order valence-electron chi connectivity index (χ3n) is 4.35. The molecule has 0 aliphatic carbocycles. The van der Waals surface area contributed by atoms with E-state index in [-0.39, 0.29) is 0 Å². The van der Waals surface area contributed by atoms with Gasteiger partial charge in [-0.05, 0) is 36.6 Å². The summed E-state index contributed by atoms with van der Waals surface area (Å²) >= 11 is 0. The van der Waals surface area contributed by atoms with Crippen molar-refractivity contribution in [2.75, 3.05) is 6.54 Å². The normalized spacial score (nSPS) is 13.2. The monoisotopic (exact) mass is 262 g/mol. The van der Waals surface area contributed by atoms with Crippen LogP contribution in [0.4, 0.5) is 0 Å². The number of para-hydroxylation sites is 1. The van der Waals surface area contributed by atoms with Gasteiger partial charge >= 0.3 is 0 Å². The highest BCUT2D eigenvalue weighted by Crippen LogP contribution is 2.38. The highest BCUT2D eigenvalue weighted by atomic mass is 15.0. The lowest BCUT2D eigenvalue weighted by molar-refractivity contribution is 0.706. The molecule has 3 aromatic rings. The van der Waals surface area contributed by atoms with Crippen LogP contribution in [-0.2, 0) is 19.4 Å². The lowest BCUT2D eigenvalue weighted by atomic mass is 9.95. The van der Waals surface area contributed by atoms with Crippen molar-refractivity contribution in [1.29, 1.82) is 0 Å². The van der Waals surface area contributed by atoms with Crippen molar-refractivity contribution in [3.8, 4) is 11.3 Å². The smallest absolute Gasteiger partial charge is 0.0527 e. The molecule has 0 fully saturated rings. The number of nitrogens with two attached hydrogens (primary N) is 1. The van der Waals surface area contributed by atoms with E-state index in [1.807, 2.05) is 0 Å². The number of hydrogen-bond acceptors (Lipinski definition) is 1. The molecule has 0 amide bonds. The maximum atomic E-state index is 5.85. The van der Waals surface area contributed by atoms with Crippen LogP contribution in [0.1, 0.15) is 11.1 Å². The Morgan fingerprint density at radius 3 is 2.70 bits per heavy atom. The van der Waals surface area contributed by atoms with Crippen LogP contribution in [0.15, 0.2) is 48.5 Å². The standard InChI is InChI=1S/C18H18N2/c19-11-9-16-15-7-3-4-8-17(15)20-12-10-13-5-1-2-6-14(13)18(16)20/h1-8H,9-12,19H2. The second kappa shape index (κ2) is 4.50. The first-order chi connectivity index (χ1) is 9.90. The van der Waals surface area contributed by atoms with Crippen LogP contribution < -0.4 is 5.73 Å². The van der Waals surface area contributed by atoms with Gasteiger partial charge in [-0.2, -0.15) is 0 Å². The van der Waals surface area contributed by atoms with E-state index in [2.05, 4.69) is 53.1 Å². The molecule has 2 heteroatoms. The first-order valence-electron chi connectivity index (χ1n) is 7.28. The molecule has 1 aromatic heterocycles. The molecule has 0 bridgehead atoms. The molecule has 0 saturated heterocycles. The highest BCUT2D eigenvalue weighted by Gasteiger charge is 2.22. The van der Waals surface area contributed by atoms with Gasteiger partial charge in [-0.25, -0.2) is 0 Å². The van der Waals surface area contributed by atoms with Gasteiger partial charge in [-0.15, -0.1) is 0 Å². The molecule has 2 nitrogen and oxygen atoms in total. The van der Waals surface area contributed by atoms with E-state index in [9.17, 15) is 0 Å². The molecule has 2 heterocycles. The molecular weight excluding hydrogens is 244 g/mol. The van der Waals surface area contributed by atoms with Gasteiger partial charge in [0, 0.05) is 23.0 Å². The maximum Gasteiger partial charge on any atom is 0.0527 e. The molecule has 1 aliphatic heterocycles.